The van der Waals surface area contributed by atoms with Crippen molar-refractivity contribution in [3.05, 3.63) is 34.9 Å². The van der Waals surface area contributed by atoms with Crippen LogP contribution in [-0.4, -0.2) is 45.7 Å². The van der Waals surface area contributed by atoms with Gasteiger partial charge in [0.2, 0.25) is 11.9 Å². The molecule has 2 aliphatic rings. The molecule has 0 radical (unpaired) electrons. The number of halogens is 3. The number of hydrogen-bond donors (Lipinski definition) is 2. The third-order valence-electron chi connectivity index (χ3n) is 6.26. The molecule has 2 aromatic rings. The molecular weight excluding hydrogens is 397 g/mol. The van der Waals surface area contributed by atoms with Crippen LogP contribution in [0.1, 0.15) is 49.3 Å². The lowest BCUT2D eigenvalue weighted by Crippen LogP contribution is -2.47. The Morgan fingerprint density at radius 2 is 2.10 bits per heavy atom. The number of aromatic nitrogens is 4. The van der Waals surface area contributed by atoms with Gasteiger partial charge in [0.15, 0.2) is 0 Å². The third kappa shape index (κ3) is 3.99. The number of aromatic amines is 1. The molecule has 10 heteroatoms. The first-order valence-electron chi connectivity index (χ1n) is 10.2. The van der Waals surface area contributed by atoms with Crippen LogP contribution in [0.2, 0.25) is 0 Å². The molecule has 7 nitrogen and oxygen atoms in total. The fourth-order valence-corrected chi connectivity index (χ4v) is 4.37. The zero-order chi connectivity index (χ0) is 21.5. The van der Waals surface area contributed by atoms with Crippen LogP contribution in [0.3, 0.4) is 0 Å². The number of hydrogen-bond acceptors (Lipinski definition) is 5. The number of nitrogens with zero attached hydrogens (tertiary/aromatic N) is 4. The van der Waals surface area contributed by atoms with Gasteiger partial charge in [-0.15, -0.1) is 0 Å². The summed E-state index contributed by atoms with van der Waals surface area (Å²) in [5.41, 5.74) is -0.589. The summed E-state index contributed by atoms with van der Waals surface area (Å²) in [6.45, 7) is 4.95. The van der Waals surface area contributed by atoms with Gasteiger partial charge in [0.25, 0.3) is 0 Å². The topological polar surface area (TPSA) is 86.8 Å². The molecule has 2 fully saturated rings. The van der Waals surface area contributed by atoms with Crippen molar-refractivity contribution in [3.63, 3.8) is 0 Å². The van der Waals surface area contributed by atoms with E-state index in [4.69, 9.17) is 0 Å². The Bertz CT molecular complexity index is 910. The lowest BCUT2D eigenvalue weighted by molar-refractivity contribution is -0.138. The first-order valence-corrected chi connectivity index (χ1v) is 10.2. The zero-order valence-electron chi connectivity index (χ0n) is 17.0. The molecule has 0 bridgehead atoms. The van der Waals surface area contributed by atoms with Crippen molar-refractivity contribution < 1.29 is 18.0 Å². The van der Waals surface area contributed by atoms with Crippen LogP contribution in [0.4, 0.5) is 19.1 Å². The van der Waals surface area contributed by atoms with Crippen molar-refractivity contribution >= 4 is 11.9 Å². The molecule has 4 rings (SSSR count). The summed E-state index contributed by atoms with van der Waals surface area (Å²) in [6, 6.07) is 3.96. The molecule has 2 N–H and O–H groups in total. The SMILES string of the molecule is Cc1cc(C2(C(=O)NC3CC(C)CCN(c4nnn[nH]4)C3)CC2)ccc1C(F)(F)F. The number of benzene rings is 1. The predicted octanol–water partition coefficient (Wildman–Crippen LogP) is 2.98. The van der Waals surface area contributed by atoms with Gasteiger partial charge in [0.1, 0.15) is 0 Å². The van der Waals surface area contributed by atoms with E-state index in [1.54, 1.807) is 0 Å². The zero-order valence-corrected chi connectivity index (χ0v) is 17.0. The smallest absolute Gasteiger partial charge is 0.351 e. The highest BCUT2D eigenvalue weighted by Gasteiger charge is 2.52. The van der Waals surface area contributed by atoms with Crippen molar-refractivity contribution in [1.29, 1.82) is 0 Å². The van der Waals surface area contributed by atoms with Crippen molar-refractivity contribution in [1.82, 2.24) is 25.9 Å². The van der Waals surface area contributed by atoms with Gasteiger partial charge in [0.05, 0.1) is 11.0 Å². The van der Waals surface area contributed by atoms with Gasteiger partial charge < -0.3 is 10.2 Å². The molecule has 1 saturated heterocycles. The second kappa shape index (κ2) is 7.55. The molecular formula is C20H25F3N6O. The van der Waals surface area contributed by atoms with E-state index in [0.29, 0.717) is 36.8 Å². The largest absolute Gasteiger partial charge is 0.416 e. The Kier molecular flexibility index (Phi) is 5.19. The normalized spacial score (nSPS) is 23.7. The summed E-state index contributed by atoms with van der Waals surface area (Å²) in [5, 5.41) is 17.1. The number of anilines is 1. The molecule has 30 heavy (non-hydrogen) atoms. The van der Waals surface area contributed by atoms with Gasteiger partial charge in [-0.1, -0.05) is 24.2 Å². The maximum absolute atomic E-state index is 13.2. The number of tetrazole rings is 1. The predicted molar refractivity (Wildman–Crippen MR) is 104 cm³/mol. The molecule has 2 unspecified atom stereocenters. The van der Waals surface area contributed by atoms with Gasteiger partial charge in [-0.2, -0.15) is 13.2 Å². The minimum Gasteiger partial charge on any atom is -0.351 e. The van der Waals surface area contributed by atoms with Gasteiger partial charge in [-0.05, 0) is 66.1 Å². The quantitative estimate of drug-likeness (QED) is 0.791. The highest BCUT2D eigenvalue weighted by molar-refractivity contribution is 5.91. The van der Waals surface area contributed by atoms with Crippen molar-refractivity contribution in [2.24, 2.45) is 5.92 Å². The Balaban J connectivity index is 1.50. The number of alkyl halides is 3. The van der Waals surface area contributed by atoms with Crippen LogP contribution >= 0.6 is 0 Å². The molecule has 1 aliphatic carbocycles. The molecule has 162 valence electrons. The molecule has 1 aliphatic heterocycles. The van der Waals surface area contributed by atoms with Crippen LogP contribution in [0.25, 0.3) is 0 Å². The van der Waals surface area contributed by atoms with Gasteiger partial charge in [0, 0.05) is 19.1 Å². The number of aryl methyl sites for hydroxylation is 1. The molecule has 1 saturated carbocycles. The average Bonchev–Trinajstić information content (AvgIpc) is 3.35. The Morgan fingerprint density at radius 3 is 2.70 bits per heavy atom. The molecule has 0 spiro atoms. The summed E-state index contributed by atoms with van der Waals surface area (Å²) >= 11 is 0. The van der Waals surface area contributed by atoms with Crippen LogP contribution in [0, 0.1) is 12.8 Å². The summed E-state index contributed by atoms with van der Waals surface area (Å²) in [4.78, 5) is 15.2. The summed E-state index contributed by atoms with van der Waals surface area (Å²) in [6.07, 6.45) is -1.33. The molecule has 1 amide bonds. The highest BCUT2D eigenvalue weighted by Crippen LogP contribution is 2.49. The lowest BCUT2D eigenvalue weighted by Gasteiger charge is -2.26. The number of nitrogens with one attached hydrogen (secondary N) is 2. The number of carbonyl (C=O) groups is 1. The molecule has 2 heterocycles. The molecule has 1 aromatic carbocycles. The molecule has 2 atom stereocenters. The van der Waals surface area contributed by atoms with E-state index in [2.05, 4.69) is 32.9 Å². The lowest BCUT2D eigenvalue weighted by atomic mass is 9.91. The van der Waals surface area contributed by atoms with E-state index in [1.807, 2.05) is 4.90 Å². The second-order valence-electron chi connectivity index (χ2n) is 8.58. The standard InChI is InChI=1S/C20H25F3N6O/c1-12-5-8-29(18-25-27-28-26-18)11-15(9-12)24-17(30)19(6-7-19)14-3-4-16(13(2)10-14)20(21,22)23/h3-4,10,12,15H,5-9,11H2,1-2H3,(H,24,30)(H,25,26,27,28). The Labute approximate surface area is 172 Å². The molecule has 1 aromatic heterocycles. The number of amides is 1. The fourth-order valence-electron chi connectivity index (χ4n) is 4.37. The van der Waals surface area contributed by atoms with Crippen LogP contribution in [0.5, 0.6) is 0 Å². The first kappa shape index (κ1) is 20.6. The third-order valence-corrected chi connectivity index (χ3v) is 6.26. The van der Waals surface area contributed by atoms with E-state index in [9.17, 15) is 18.0 Å². The maximum atomic E-state index is 13.2. The summed E-state index contributed by atoms with van der Waals surface area (Å²) in [5.74, 6) is 0.874. The van der Waals surface area contributed by atoms with E-state index >= 15 is 0 Å². The number of carbonyl (C=O) groups excluding carboxylic acids is 1. The van der Waals surface area contributed by atoms with Gasteiger partial charge in [-0.3, -0.25) is 4.79 Å². The Hall–Kier alpha value is -2.65. The van der Waals surface area contributed by atoms with Crippen LogP contribution in [0.15, 0.2) is 18.2 Å². The van der Waals surface area contributed by atoms with E-state index in [-0.39, 0.29) is 17.5 Å². The number of rotatable bonds is 4. The van der Waals surface area contributed by atoms with Gasteiger partial charge >= 0.3 is 6.18 Å². The van der Waals surface area contributed by atoms with Crippen LogP contribution in [-0.2, 0) is 16.4 Å². The second-order valence-corrected chi connectivity index (χ2v) is 8.58. The van der Waals surface area contributed by atoms with Crippen LogP contribution < -0.4 is 10.2 Å². The van der Waals surface area contributed by atoms with E-state index in [1.165, 1.54) is 19.1 Å². The van der Waals surface area contributed by atoms with E-state index < -0.39 is 17.2 Å². The first-order chi connectivity index (χ1) is 14.2. The summed E-state index contributed by atoms with van der Waals surface area (Å²) < 4.78 is 39.3. The average molecular weight is 422 g/mol. The maximum Gasteiger partial charge on any atom is 0.416 e. The summed E-state index contributed by atoms with van der Waals surface area (Å²) in [7, 11) is 0. The van der Waals surface area contributed by atoms with Crippen molar-refractivity contribution in [2.45, 2.75) is 57.2 Å². The highest BCUT2D eigenvalue weighted by atomic mass is 19.4. The number of H-pyrrole nitrogens is 1. The Morgan fingerprint density at radius 1 is 1.33 bits per heavy atom. The van der Waals surface area contributed by atoms with Crippen molar-refractivity contribution in [2.75, 3.05) is 18.0 Å². The monoisotopic (exact) mass is 422 g/mol. The minimum absolute atomic E-state index is 0.0897. The van der Waals surface area contributed by atoms with Gasteiger partial charge in [-0.25, -0.2) is 5.10 Å². The van der Waals surface area contributed by atoms with Crippen molar-refractivity contribution in [3.8, 4) is 0 Å². The van der Waals surface area contributed by atoms with E-state index in [0.717, 1.165) is 25.5 Å². The minimum atomic E-state index is -4.39. The fraction of sp³-hybridized carbons (Fsp3) is 0.600.